The third-order valence-corrected chi connectivity index (χ3v) is 6.05. The average molecular weight is 390 g/mol. The van der Waals surface area contributed by atoms with Crippen LogP contribution in [0.2, 0.25) is 0 Å². The van der Waals surface area contributed by atoms with Crippen molar-refractivity contribution in [3.63, 3.8) is 0 Å². The summed E-state index contributed by atoms with van der Waals surface area (Å²) in [6, 6.07) is 12.7. The van der Waals surface area contributed by atoms with Crippen LogP contribution in [0, 0.1) is 0 Å². The highest BCUT2D eigenvalue weighted by molar-refractivity contribution is 6.22. The molecule has 0 aliphatic carbocycles. The van der Waals surface area contributed by atoms with E-state index in [2.05, 4.69) is 0 Å². The van der Waals surface area contributed by atoms with Crippen LogP contribution in [0.4, 0.5) is 5.69 Å². The third kappa shape index (κ3) is 2.86. The Hall–Kier alpha value is -2.99. The molecule has 5 rings (SSSR count). The first-order valence-corrected chi connectivity index (χ1v) is 10.1. The SMILES string of the molecule is CC1Cc2ccccc2N1C(=O)c1ccc2c(c1)C(=O)N(CC1CCCO1)C2=O. The maximum Gasteiger partial charge on any atom is 0.261 e. The predicted molar refractivity (Wildman–Crippen MR) is 107 cm³/mol. The largest absolute Gasteiger partial charge is 0.376 e. The van der Waals surface area contributed by atoms with E-state index in [4.69, 9.17) is 4.74 Å². The number of imide groups is 1. The molecule has 6 nitrogen and oxygen atoms in total. The highest BCUT2D eigenvalue weighted by Crippen LogP contribution is 2.34. The Labute approximate surface area is 169 Å². The van der Waals surface area contributed by atoms with Crippen LogP contribution in [0.5, 0.6) is 0 Å². The van der Waals surface area contributed by atoms with Crippen molar-refractivity contribution in [3.05, 3.63) is 64.7 Å². The van der Waals surface area contributed by atoms with Gasteiger partial charge in [-0.05, 0) is 56.0 Å². The van der Waals surface area contributed by atoms with E-state index >= 15 is 0 Å². The smallest absolute Gasteiger partial charge is 0.261 e. The molecular formula is C23H22N2O4. The Bertz CT molecular complexity index is 1030. The molecule has 3 heterocycles. The number of para-hydroxylation sites is 1. The normalized spacial score (nSPS) is 22.9. The number of hydrogen-bond donors (Lipinski definition) is 0. The van der Waals surface area contributed by atoms with Gasteiger partial charge in [-0.25, -0.2) is 0 Å². The highest BCUT2D eigenvalue weighted by Gasteiger charge is 2.39. The molecule has 0 bridgehead atoms. The molecule has 1 fully saturated rings. The molecule has 6 heteroatoms. The van der Waals surface area contributed by atoms with E-state index in [9.17, 15) is 14.4 Å². The summed E-state index contributed by atoms with van der Waals surface area (Å²) >= 11 is 0. The topological polar surface area (TPSA) is 66.9 Å². The van der Waals surface area contributed by atoms with E-state index < -0.39 is 0 Å². The van der Waals surface area contributed by atoms with Crippen LogP contribution < -0.4 is 4.90 Å². The lowest BCUT2D eigenvalue weighted by molar-refractivity contribution is 0.0475. The van der Waals surface area contributed by atoms with Crippen LogP contribution in [0.1, 0.15) is 56.4 Å². The molecule has 3 aliphatic heterocycles. The van der Waals surface area contributed by atoms with Gasteiger partial charge in [0.25, 0.3) is 17.7 Å². The van der Waals surface area contributed by atoms with Gasteiger partial charge < -0.3 is 9.64 Å². The van der Waals surface area contributed by atoms with Crippen LogP contribution in [-0.4, -0.2) is 47.9 Å². The van der Waals surface area contributed by atoms with E-state index in [-0.39, 0.29) is 36.4 Å². The molecule has 3 aliphatic rings. The zero-order valence-corrected chi connectivity index (χ0v) is 16.3. The molecule has 0 saturated carbocycles. The van der Waals surface area contributed by atoms with Crippen LogP contribution in [-0.2, 0) is 11.2 Å². The molecule has 0 radical (unpaired) electrons. The van der Waals surface area contributed by atoms with Gasteiger partial charge in [0.05, 0.1) is 23.8 Å². The monoisotopic (exact) mass is 390 g/mol. The Morgan fingerprint density at radius 1 is 1.10 bits per heavy atom. The number of hydrogen-bond acceptors (Lipinski definition) is 4. The van der Waals surface area contributed by atoms with Crippen molar-refractivity contribution >= 4 is 23.4 Å². The van der Waals surface area contributed by atoms with Gasteiger partial charge in [0.1, 0.15) is 0 Å². The van der Waals surface area contributed by atoms with Gasteiger partial charge in [0, 0.05) is 23.9 Å². The van der Waals surface area contributed by atoms with Crippen molar-refractivity contribution in [2.24, 2.45) is 0 Å². The molecule has 0 aromatic heterocycles. The van der Waals surface area contributed by atoms with Gasteiger partial charge in [-0.2, -0.15) is 0 Å². The first kappa shape index (κ1) is 18.1. The quantitative estimate of drug-likeness (QED) is 0.756. The van der Waals surface area contributed by atoms with Gasteiger partial charge in [-0.3, -0.25) is 19.3 Å². The minimum Gasteiger partial charge on any atom is -0.376 e. The number of amides is 3. The summed E-state index contributed by atoms with van der Waals surface area (Å²) in [4.78, 5) is 41.9. The Morgan fingerprint density at radius 3 is 2.69 bits per heavy atom. The Balaban J connectivity index is 1.43. The average Bonchev–Trinajstić information content (AvgIpc) is 3.41. The van der Waals surface area contributed by atoms with E-state index in [1.165, 1.54) is 4.90 Å². The van der Waals surface area contributed by atoms with Crippen LogP contribution in [0.3, 0.4) is 0 Å². The predicted octanol–water partition coefficient (Wildman–Crippen LogP) is 3.05. The maximum absolute atomic E-state index is 13.3. The first-order valence-electron chi connectivity index (χ1n) is 10.1. The summed E-state index contributed by atoms with van der Waals surface area (Å²) < 4.78 is 5.58. The van der Waals surface area contributed by atoms with Crippen LogP contribution in [0.25, 0.3) is 0 Å². The minimum absolute atomic E-state index is 0.0431. The second kappa shape index (κ2) is 6.81. The zero-order valence-electron chi connectivity index (χ0n) is 16.3. The van der Waals surface area contributed by atoms with Crippen molar-refractivity contribution in [2.45, 2.75) is 38.3 Å². The van der Waals surface area contributed by atoms with Gasteiger partial charge in [-0.15, -0.1) is 0 Å². The number of carbonyl (C=O) groups excluding carboxylic acids is 3. The second-order valence-electron chi connectivity index (χ2n) is 7.97. The molecule has 29 heavy (non-hydrogen) atoms. The molecule has 2 aromatic carbocycles. The third-order valence-electron chi connectivity index (χ3n) is 6.05. The number of rotatable bonds is 3. The van der Waals surface area contributed by atoms with Gasteiger partial charge in [0.15, 0.2) is 0 Å². The number of carbonyl (C=O) groups is 3. The zero-order chi connectivity index (χ0) is 20.1. The lowest BCUT2D eigenvalue weighted by Crippen LogP contribution is -2.36. The van der Waals surface area contributed by atoms with E-state index in [1.807, 2.05) is 31.2 Å². The lowest BCUT2D eigenvalue weighted by atomic mass is 10.0. The molecule has 2 unspecified atom stereocenters. The number of fused-ring (bicyclic) bond motifs is 2. The molecule has 0 spiro atoms. The summed E-state index contributed by atoms with van der Waals surface area (Å²) in [5, 5.41) is 0. The summed E-state index contributed by atoms with van der Waals surface area (Å²) in [6.45, 7) is 2.96. The van der Waals surface area contributed by atoms with Crippen LogP contribution >= 0.6 is 0 Å². The van der Waals surface area contributed by atoms with Crippen molar-refractivity contribution in [3.8, 4) is 0 Å². The fraction of sp³-hybridized carbons (Fsp3) is 0.348. The second-order valence-corrected chi connectivity index (χ2v) is 7.97. The number of anilines is 1. The Morgan fingerprint density at radius 2 is 1.90 bits per heavy atom. The summed E-state index contributed by atoms with van der Waals surface area (Å²) in [7, 11) is 0. The summed E-state index contributed by atoms with van der Waals surface area (Å²) in [5.74, 6) is -0.799. The van der Waals surface area contributed by atoms with Gasteiger partial charge >= 0.3 is 0 Å². The molecular weight excluding hydrogens is 368 g/mol. The van der Waals surface area contributed by atoms with Crippen molar-refractivity contribution < 1.29 is 19.1 Å². The van der Waals surface area contributed by atoms with E-state index in [0.717, 1.165) is 30.5 Å². The van der Waals surface area contributed by atoms with Crippen LogP contribution in [0.15, 0.2) is 42.5 Å². The molecule has 3 amide bonds. The number of benzene rings is 2. The fourth-order valence-corrected chi connectivity index (χ4v) is 4.60. The number of nitrogens with zero attached hydrogens (tertiary/aromatic N) is 2. The molecule has 2 atom stereocenters. The van der Waals surface area contributed by atoms with Crippen molar-refractivity contribution in [1.29, 1.82) is 0 Å². The van der Waals surface area contributed by atoms with E-state index in [1.54, 1.807) is 23.1 Å². The first-order chi connectivity index (χ1) is 14.0. The molecule has 148 valence electrons. The summed E-state index contributed by atoms with van der Waals surface area (Å²) in [5.41, 5.74) is 3.14. The van der Waals surface area contributed by atoms with Gasteiger partial charge in [-0.1, -0.05) is 18.2 Å². The summed E-state index contributed by atoms with van der Waals surface area (Å²) in [6.07, 6.45) is 2.51. The number of ether oxygens (including phenoxy) is 1. The molecule has 1 saturated heterocycles. The highest BCUT2D eigenvalue weighted by atomic mass is 16.5. The lowest BCUT2D eigenvalue weighted by Gasteiger charge is -2.23. The molecule has 2 aromatic rings. The standard InChI is InChI=1S/C23H22N2O4/c1-14-11-15-5-2-3-7-20(15)25(14)21(26)16-8-9-18-19(12-16)23(28)24(22(18)27)13-17-6-4-10-29-17/h2-3,5,7-9,12,14,17H,4,6,10-11,13H2,1H3. The minimum atomic E-state index is -0.343. The Kier molecular flexibility index (Phi) is 4.24. The molecule has 0 N–H and O–H groups in total. The van der Waals surface area contributed by atoms with E-state index in [0.29, 0.717) is 23.3 Å². The van der Waals surface area contributed by atoms with Crippen molar-refractivity contribution in [1.82, 2.24) is 4.90 Å². The fourth-order valence-electron chi connectivity index (χ4n) is 4.60. The van der Waals surface area contributed by atoms with Gasteiger partial charge in [0.2, 0.25) is 0 Å². The van der Waals surface area contributed by atoms with Crippen molar-refractivity contribution in [2.75, 3.05) is 18.1 Å². The maximum atomic E-state index is 13.3.